The predicted octanol–water partition coefficient (Wildman–Crippen LogP) is 1.60. The monoisotopic (exact) mass is 274 g/mol. The molecule has 0 amide bonds. The summed E-state index contributed by atoms with van der Waals surface area (Å²) >= 11 is 5.89. The number of halogens is 1. The lowest BCUT2D eigenvalue weighted by Crippen LogP contribution is -2.11. The molecule has 0 saturated heterocycles. The molecule has 98 valence electrons. The lowest BCUT2D eigenvalue weighted by Gasteiger charge is -2.12. The molecule has 0 fully saturated rings. The fourth-order valence-electron chi connectivity index (χ4n) is 1.23. The van der Waals surface area contributed by atoms with Gasteiger partial charge >= 0.3 is 11.9 Å². The SMILES string of the molecule is COC(=O)c1cc(Cl)c(OCC(=O)O)c(OC)c1. The van der Waals surface area contributed by atoms with Gasteiger partial charge < -0.3 is 19.3 Å². The van der Waals surface area contributed by atoms with Gasteiger partial charge in [-0.3, -0.25) is 0 Å². The molecule has 1 N–H and O–H groups in total. The highest BCUT2D eigenvalue weighted by atomic mass is 35.5. The third-order valence-electron chi connectivity index (χ3n) is 1.99. The number of methoxy groups -OCH3 is 2. The zero-order chi connectivity index (χ0) is 13.7. The van der Waals surface area contributed by atoms with Gasteiger partial charge in [0.2, 0.25) is 0 Å². The predicted molar refractivity (Wildman–Crippen MR) is 62.5 cm³/mol. The largest absolute Gasteiger partial charge is 0.493 e. The standard InChI is InChI=1S/C11H11ClO6/c1-16-8-4-6(11(15)17-2)3-7(12)10(8)18-5-9(13)14/h3-4H,5H2,1-2H3,(H,13,14). The lowest BCUT2D eigenvalue weighted by molar-refractivity contribution is -0.139. The van der Waals surface area contributed by atoms with Crippen LogP contribution in [0.4, 0.5) is 0 Å². The van der Waals surface area contributed by atoms with Crippen molar-refractivity contribution in [3.63, 3.8) is 0 Å². The highest BCUT2D eigenvalue weighted by molar-refractivity contribution is 6.32. The fourth-order valence-corrected chi connectivity index (χ4v) is 1.49. The van der Waals surface area contributed by atoms with E-state index in [0.29, 0.717) is 0 Å². The van der Waals surface area contributed by atoms with Gasteiger partial charge in [-0.15, -0.1) is 0 Å². The molecule has 0 aliphatic rings. The Morgan fingerprint density at radius 2 is 2.00 bits per heavy atom. The number of hydrogen-bond acceptors (Lipinski definition) is 5. The first-order valence-electron chi connectivity index (χ1n) is 4.80. The van der Waals surface area contributed by atoms with Crippen molar-refractivity contribution in [1.29, 1.82) is 0 Å². The van der Waals surface area contributed by atoms with E-state index in [9.17, 15) is 9.59 Å². The highest BCUT2D eigenvalue weighted by Gasteiger charge is 2.16. The van der Waals surface area contributed by atoms with E-state index < -0.39 is 18.5 Å². The van der Waals surface area contributed by atoms with Crippen LogP contribution in [0.3, 0.4) is 0 Å². The summed E-state index contributed by atoms with van der Waals surface area (Å²) in [6.45, 7) is -0.562. The Hall–Kier alpha value is -1.95. The molecule has 0 unspecified atom stereocenters. The van der Waals surface area contributed by atoms with Crippen LogP contribution in [0.25, 0.3) is 0 Å². The van der Waals surface area contributed by atoms with Gasteiger partial charge in [0.25, 0.3) is 0 Å². The maximum atomic E-state index is 11.3. The summed E-state index contributed by atoms with van der Waals surface area (Å²) in [4.78, 5) is 21.8. The van der Waals surface area contributed by atoms with Crippen LogP contribution >= 0.6 is 11.6 Å². The summed E-state index contributed by atoms with van der Waals surface area (Å²) in [6.07, 6.45) is 0. The normalized spacial score (nSPS) is 9.72. The van der Waals surface area contributed by atoms with Crippen molar-refractivity contribution in [2.24, 2.45) is 0 Å². The molecule has 1 aromatic rings. The summed E-state index contributed by atoms with van der Waals surface area (Å²) in [5, 5.41) is 8.59. The van der Waals surface area contributed by atoms with Gasteiger partial charge in [0.05, 0.1) is 24.8 Å². The van der Waals surface area contributed by atoms with Crippen LogP contribution in [0.5, 0.6) is 11.5 Å². The van der Waals surface area contributed by atoms with E-state index in [1.807, 2.05) is 0 Å². The van der Waals surface area contributed by atoms with E-state index in [1.165, 1.54) is 26.4 Å². The third-order valence-corrected chi connectivity index (χ3v) is 2.27. The number of carbonyl (C=O) groups excluding carboxylic acids is 1. The van der Waals surface area contributed by atoms with Crippen molar-refractivity contribution in [3.05, 3.63) is 22.7 Å². The first kappa shape index (κ1) is 14.1. The summed E-state index contributed by atoms with van der Waals surface area (Å²) in [5.41, 5.74) is 0.182. The van der Waals surface area contributed by atoms with Gasteiger partial charge in [0.15, 0.2) is 18.1 Å². The number of rotatable bonds is 5. The van der Waals surface area contributed by atoms with Crippen molar-refractivity contribution in [3.8, 4) is 11.5 Å². The van der Waals surface area contributed by atoms with Crippen LogP contribution in [-0.4, -0.2) is 37.9 Å². The Morgan fingerprint density at radius 3 is 2.50 bits per heavy atom. The number of esters is 1. The van der Waals surface area contributed by atoms with E-state index >= 15 is 0 Å². The van der Waals surface area contributed by atoms with Crippen LogP contribution < -0.4 is 9.47 Å². The minimum Gasteiger partial charge on any atom is -0.493 e. The van der Waals surface area contributed by atoms with Crippen LogP contribution in [-0.2, 0) is 9.53 Å². The lowest BCUT2D eigenvalue weighted by atomic mass is 10.2. The molecular weight excluding hydrogens is 264 g/mol. The molecule has 0 radical (unpaired) electrons. The van der Waals surface area contributed by atoms with Crippen molar-refractivity contribution in [1.82, 2.24) is 0 Å². The van der Waals surface area contributed by atoms with E-state index in [-0.39, 0.29) is 22.1 Å². The molecule has 0 heterocycles. The summed E-state index contributed by atoms with van der Waals surface area (Å²) in [6, 6.07) is 2.67. The molecule has 0 spiro atoms. The second-order valence-electron chi connectivity index (χ2n) is 3.16. The average molecular weight is 275 g/mol. The van der Waals surface area contributed by atoms with E-state index in [0.717, 1.165) is 0 Å². The molecule has 0 aliphatic carbocycles. The summed E-state index contributed by atoms with van der Waals surface area (Å²) in [5.74, 6) is -1.51. The molecule has 6 nitrogen and oxygen atoms in total. The van der Waals surface area contributed by atoms with Crippen molar-refractivity contribution < 1.29 is 28.9 Å². The summed E-state index contributed by atoms with van der Waals surface area (Å²) < 4.78 is 14.5. The van der Waals surface area contributed by atoms with Gasteiger partial charge in [0.1, 0.15) is 0 Å². The van der Waals surface area contributed by atoms with Gasteiger partial charge in [-0.1, -0.05) is 11.6 Å². The first-order chi connectivity index (χ1) is 8.49. The molecule has 18 heavy (non-hydrogen) atoms. The molecule has 0 atom stereocenters. The zero-order valence-corrected chi connectivity index (χ0v) is 10.5. The molecule has 1 aromatic carbocycles. The van der Waals surface area contributed by atoms with Crippen molar-refractivity contribution >= 4 is 23.5 Å². The van der Waals surface area contributed by atoms with Gasteiger partial charge in [0, 0.05) is 0 Å². The molecular formula is C11H11ClO6. The van der Waals surface area contributed by atoms with Crippen LogP contribution in [0.1, 0.15) is 10.4 Å². The molecule has 0 saturated carbocycles. The molecule has 0 aromatic heterocycles. The van der Waals surface area contributed by atoms with Crippen LogP contribution in [0, 0.1) is 0 Å². The number of benzene rings is 1. The number of ether oxygens (including phenoxy) is 3. The molecule has 0 bridgehead atoms. The Labute approximate surface area is 108 Å². The number of hydrogen-bond donors (Lipinski definition) is 1. The Bertz CT molecular complexity index is 471. The van der Waals surface area contributed by atoms with Crippen LogP contribution in [0.15, 0.2) is 12.1 Å². The van der Waals surface area contributed by atoms with Crippen molar-refractivity contribution in [2.45, 2.75) is 0 Å². The van der Waals surface area contributed by atoms with E-state index in [2.05, 4.69) is 4.74 Å². The van der Waals surface area contributed by atoms with Gasteiger partial charge in [-0.05, 0) is 12.1 Å². The highest BCUT2D eigenvalue weighted by Crippen LogP contribution is 2.36. The second kappa shape index (κ2) is 6.11. The second-order valence-corrected chi connectivity index (χ2v) is 3.57. The minimum absolute atomic E-state index is 0.0641. The third kappa shape index (κ3) is 3.27. The number of carboxylic acid groups (broad SMARTS) is 1. The fraction of sp³-hybridized carbons (Fsp3) is 0.273. The average Bonchev–Trinajstić information content (AvgIpc) is 2.35. The molecule has 0 aliphatic heterocycles. The van der Waals surface area contributed by atoms with E-state index in [4.69, 9.17) is 26.2 Å². The number of aliphatic carboxylic acids is 1. The first-order valence-corrected chi connectivity index (χ1v) is 5.17. The van der Waals surface area contributed by atoms with Gasteiger partial charge in [-0.2, -0.15) is 0 Å². The Morgan fingerprint density at radius 1 is 1.33 bits per heavy atom. The maximum absolute atomic E-state index is 11.3. The molecule has 1 rings (SSSR count). The Balaban J connectivity index is 3.11. The smallest absolute Gasteiger partial charge is 0.341 e. The minimum atomic E-state index is -1.15. The van der Waals surface area contributed by atoms with Crippen LogP contribution in [0.2, 0.25) is 5.02 Å². The zero-order valence-electron chi connectivity index (χ0n) is 9.73. The maximum Gasteiger partial charge on any atom is 0.341 e. The quantitative estimate of drug-likeness (QED) is 0.821. The number of carbonyl (C=O) groups is 2. The number of carboxylic acids is 1. The molecule has 7 heteroatoms. The van der Waals surface area contributed by atoms with E-state index in [1.54, 1.807) is 0 Å². The summed E-state index contributed by atoms with van der Waals surface area (Å²) in [7, 11) is 2.58. The van der Waals surface area contributed by atoms with Gasteiger partial charge in [-0.25, -0.2) is 9.59 Å². The van der Waals surface area contributed by atoms with Crippen molar-refractivity contribution in [2.75, 3.05) is 20.8 Å². The topological polar surface area (TPSA) is 82.1 Å². The Kier molecular flexibility index (Phi) is 4.79.